The van der Waals surface area contributed by atoms with Gasteiger partial charge in [0.2, 0.25) is 5.91 Å². The maximum atomic E-state index is 12.8. The zero-order chi connectivity index (χ0) is 16.4. The Kier molecular flexibility index (Phi) is 4.59. The maximum Gasteiger partial charge on any atom is 0.228 e. The van der Waals surface area contributed by atoms with Crippen molar-refractivity contribution in [1.29, 1.82) is 0 Å². The standard InChI is InChI=1S/C18H27N3O3/c22-17(18(6-7-18)13-21-9-2-8-19-21)20-15-12-23-10-5-16(15)24-11-14-3-1-4-14/h2,8-9,14-16H,1,3-7,10-13H2,(H,20,22)/t15-,16+/m1/s1. The van der Waals surface area contributed by atoms with Crippen LogP contribution in [-0.2, 0) is 20.8 Å². The van der Waals surface area contributed by atoms with Gasteiger partial charge in [0.25, 0.3) is 0 Å². The van der Waals surface area contributed by atoms with Crippen LogP contribution in [0.3, 0.4) is 0 Å². The molecule has 2 atom stereocenters. The van der Waals surface area contributed by atoms with Crippen LogP contribution in [0, 0.1) is 11.3 Å². The molecule has 1 aromatic heterocycles. The smallest absolute Gasteiger partial charge is 0.228 e. The fourth-order valence-corrected chi connectivity index (χ4v) is 3.60. The molecule has 0 radical (unpaired) electrons. The molecule has 3 fully saturated rings. The van der Waals surface area contributed by atoms with E-state index in [1.165, 1.54) is 19.3 Å². The van der Waals surface area contributed by atoms with Crippen LogP contribution in [0.2, 0.25) is 0 Å². The van der Waals surface area contributed by atoms with Gasteiger partial charge in [0.1, 0.15) is 0 Å². The van der Waals surface area contributed by atoms with Crippen LogP contribution in [0.25, 0.3) is 0 Å². The number of aromatic nitrogens is 2. The van der Waals surface area contributed by atoms with E-state index in [1.807, 2.05) is 16.9 Å². The second-order valence-electron chi connectivity index (χ2n) is 7.60. The van der Waals surface area contributed by atoms with Gasteiger partial charge in [-0.1, -0.05) is 6.42 Å². The van der Waals surface area contributed by atoms with Gasteiger partial charge in [-0.05, 0) is 44.1 Å². The van der Waals surface area contributed by atoms with E-state index >= 15 is 0 Å². The van der Waals surface area contributed by atoms with Crippen LogP contribution in [0.4, 0.5) is 0 Å². The van der Waals surface area contributed by atoms with Crippen molar-refractivity contribution >= 4 is 5.91 Å². The summed E-state index contributed by atoms with van der Waals surface area (Å²) in [5, 5.41) is 7.45. The van der Waals surface area contributed by atoms with Crippen molar-refractivity contribution in [2.75, 3.05) is 19.8 Å². The average molecular weight is 333 g/mol. The molecule has 1 aromatic rings. The molecule has 6 nitrogen and oxygen atoms in total. The molecule has 24 heavy (non-hydrogen) atoms. The predicted molar refractivity (Wildman–Crippen MR) is 88.3 cm³/mol. The van der Waals surface area contributed by atoms with E-state index in [2.05, 4.69) is 10.4 Å². The number of hydrogen-bond donors (Lipinski definition) is 1. The number of hydrogen-bond acceptors (Lipinski definition) is 4. The van der Waals surface area contributed by atoms with E-state index in [-0.39, 0.29) is 23.5 Å². The third-order valence-corrected chi connectivity index (χ3v) is 5.74. The van der Waals surface area contributed by atoms with Gasteiger partial charge in [0.15, 0.2) is 0 Å². The monoisotopic (exact) mass is 333 g/mol. The molecule has 2 heterocycles. The Balaban J connectivity index is 1.32. The summed E-state index contributed by atoms with van der Waals surface area (Å²) in [5.74, 6) is 0.851. The lowest BCUT2D eigenvalue weighted by Crippen LogP contribution is -2.53. The molecule has 0 spiro atoms. The molecular weight excluding hydrogens is 306 g/mol. The average Bonchev–Trinajstić information content (AvgIpc) is 3.14. The minimum Gasteiger partial charge on any atom is -0.379 e. The number of ether oxygens (including phenoxy) is 2. The first-order valence-electron chi connectivity index (χ1n) is 9.23. The first-order chi connectivity index (χ1) is 11.8. The summed E-state index contributed by atoms with van der Waals surface area (Å²) in [6.07, 6.45) is 10.4. The molecule has 2 aliphatic carbocycles. The molecule has 4 rings (SSSR count). The van der Waals surface area contributed by atoms with Crippen LogP contribution in [0.15, 0.2) is 18.5 Å². The number of carbonyl (C=O) groups excluding carboxylic acids is 1. The molecule has 132 valence electrons. The maximum absolute atomic E-state index is 12.8. The van der Waals surface area contributed by atoms with Crippen molar-refractivity contribution in [3.8, 4) is 0 Å². The Bertz CT molecular complexity index is 552. The molecule has 1 amide bonds. The third-order valence-electron chi connectivity index (χ3n) is 5.74. The highest BCUT2D eigenvalue weighted by molar-refractivity contribution is 5.85. The van der Waals surface area contributed by atoms with Crippen molar-refractivity contribution in [3.63, 3.8) is 0 Å². The highest BCUT2D eigenvalue weighted by Crippen LogP contribution is 2.47. The highest BCUT2D eigenvalue weighted by atomic mass is 16.5. The second-order valence-corrected chi connectivity index (χ2v) is 7.60. The minimum atomic E-state index is -0.290. The van der Waals surface area contributed by atoms with Gasteiger partial charge in [0, 0.05) is 25.6 Å². The Hall–Kier alpha value is -1.40. The second kappa shape index (κ2) is 6.84. The number of rotatable bonds is 7. The van der Waals surface area contributed by atoms with Crippen LogP contribution >= 0.6 is 0 Å². The zero-order valence-corrected chi connectivity index (χ0v) is 14.2. The number of nitrogens with one attached hydrogen (secondary N) is 1. The Morgan fingerprint density at radius 2 is 2.25 bits per heavy atom. The van der Waals surface area contributed by atoms with Crippen LogP contribution in [0.1, 0.15) is 38.5 Å². The van der Waals surface area contributed by atoms with Crippen molar-refractivity contribution in [1.82, 2.24) is 15.1 Å². The fourth-order valence-electron chi connectivity index (χ4n) is 3.60. The summed E-state index contributed by atoms with van der Waals surface area (Å²) in [4.78, 5) is 12.8. The Morgan fingerprint density at radius 3 is 2.92 bits per heavy atom. The van der Waals surface area contributed by atoms with Crippen LogP contribution < -0.4 is 5.32 Å². The van der Waals surface area contributed by atoms with Gasteiger partial charge in [-0.3, -0.25) is 9.48 Å². The minimum absolute atomic E-state index is 0.0265. The number of amides is 1. The van der Waals surface area contributed by atoms with E-state index < -0.39 is 0 Å². The van der Waals surface area contributed by atoms with E-state index in [1.54, 1.807) is 6.20 Å². The highest BCUT2D eigenvalue weighted by Gasteiger charge is 2.51. The van der Waals surface area contributed by atoms with Gasteiger partial charge in [-0.2, -0.15) is 5.10 Å². The lowest BCUT2D eigenvalue weighted by Gasteiger charge is -2.35. The van der Waals surface area contributed by atoms with Gasteiger partial charge in [-0.15, -0.1) is 0 Å². The molecule has 1 aliphatic heterocycles. The summed E-state index contributed by atoms with van der Waals surface area (Å²) >= 11 is 0. The molecule has 0 aromatic carbocycles. The lowest BCUT2D eigenvalue weighted by molar-refractivity contribution is -0.132. The molecule has 0 bridgehead atoms. The molecule has 1 N–H and O–H groups in total. The number of carbonyl (C=O) groups is 1. The molecule has 2 saturated carbocycles. The summed E-state index contributed by atoms with van der Waals surface area (Å²) in [5.41, 5.74) is -0.290. The van der Waals surface area contributed by atoms with E-state index in [0.717, 1.165) is 38.4 Å². The van der Waals surface area contributed by atoms with Crippen molar-refractivity contribution in [3.05, 3.63) is 18.5 Å². The predicted octanol–water partition coefficient (Wildman–Crippen LogP) is 1.75. The van der Waals surface area contributed by atoms with E-state index in [4.69, 9.17) is 9.47 Å². The van der Waals surface area contributed by atoms with Crippen molar-refractivity contribution < 1.29 is 14.3 Å². The van der Waals surface area contributed by atoms with Crippen LogP contribution in [-0.4, -0.2) is 47.7 Å². The van der Waals surface area contributed by atoms with Gasteiger partial charge < -0.3 is 14.8 Å². The van der Waals surface area contributed by atoms with Crippen molar-refractivity contribution in [2.24, 2.45) is 11.3 Å². The SMILES string of the molecule is O=C(N[C@@H]1COCC[C@@H]1OCC1CCC1)C1(Cn2cccn2)CC1. The normalized spacial score (nSPS) is 29.0. The third kappa shape index (κ3) is 3.49. The molecule has 0 unspecified atom stereocenters. The van der Waals surface area contributed by atoms with Gasteiger partial charge >= 0.3 is 0 Å². The first-order valence-corrected chi connectivity index (χ1v) is 9.23. The number of nitrogens with zero attached hydrogens (tertiary/aromatic N) is 2. The zero-order valence-electron chi connectivity index (χ0n) is 14.2. The molecule has 1 saturated heterocycles. The fraction of sp³-hybridized carbons (Fsp3) is 0.778. The summed E-state index contributed by atoms with van der Waals surface area (Å²) < 4.78 is 13.6. The molecule has 6 heteroatoms. The topological polar surface area (TPSA) is 65.4 Å². The summed E-state index contributed by atoms with van der Waals surface area (Å²) in [6.45, 7) is 2.77. The van der Waals surface area contributed by atoms with Crippen LogP contribution in [0.5, 0.6) is 0 Å². The molecular formula is C18H27N3O3. The van der Waals surface area contributed by atoms with Crippen molar-refractivity contribution in [2.45, 2.75) is 57.2 Å². The Labute approximate surface area is 142 Å². The van der Waals surface area contributed by atoms with Gasteiger partial charge in [-0.25, -0.2) is 0 Å². The Morgan fingerprint density at radius 1 is 1.38 bits per heavy atom. The van der Waals surface area contributed by atoms with E-state index in [9.17, 15) is 4.79 Å². The quantitative estimate of drug-likeness (QED) is 0.826. The summed E-state index contributed by atoms with van der Waals surface area (Å²) in [6, 6.07) is 1.87. The van der Waals surface area contributed by atoms with Gasteiger partial charge in [0.05, 0.1) is 30.7 Å². The lowest BCUT2D eigenvalue weighted by atomic mass is 9.86. The van der Waals surface area contributed by atoms with E-state index in [0.29, 0.717) is 13.2 Å². The summed E-state index contributed by atoms with van der Waals surface area (Å²) in [7, 11) is 0. The largest absolute Gasteiger partial charge is 0.379 e. The first kappa shape index (κ1) is 16.1. The molecule has 3 aliphatic rings.